The van der Waals surface area contributed by atoms with Gasteiger partial charge in [0.2, 0.25) is 0 Å². The van der Waals surface area contributed by atoms with Crippen molar-refractivity contribution >= 4 is 16.1 Å². The minimum Gasteiger partial charge on any atom is -0.478 e. The Morgan fingerprint density at radius 2 is 2.09 bits per heavy atom. The highest BCUT2D eigenvalue weighted by atomic mass is 32.2. The van der Waals surface area contributed by atoms with Crippen LogP contribution in [0.2, 0.25) is 0 Å². The Morgan fingerprint density at radius 1 is 1.39 bits per heavy atom. The second kappa shape index (κ2) is 6.26. The molecule has 128 valence electrons. The number of carbonyl (C=O) groups is 1. The summed E-state index contributed by atoms with van der Waals surface area (Å²) in [6.07, 6.45) is -0.102. The van der Waals surface area contributed by atoms with Crippen LogP contribution in [-0.2, 0) is 26.1 Å². The molecule has 0 fully saturated rings. The van der Waals surface area contributed by atoms with Crippen molar-refractivity contribution in [2.24, 2.45) is 0 Å². The van der Waals surface area contributed by atoms with Crippen molar-refractivity contribution in [1.29, 1.82) is 0 Å². The lowest BCUT2D eigenvalue weighted by molar-refractivity contribution is -0.152. The number of benzene rings is 1. The van der Waals surface area contributed by atoms with E-state index in [9.17, 15) is 26.4 Å². The van der Waals surface area contributed by atoms with Crippen LogP contribution in [0.25, 0.3) is 0 Å². The van der Waals surface area contributed by atoms with Crippen molar-refractivity contribution in [1.82, 2.24) is 0 Å². The number of alkyl halides is 3. The molecule has 1 atom stereocenters. The Balaban J connectivity index is 2.20. The molecule has 1 heterocycles. The second-order valence-corrected chi connectivity index (χ2v) is 6.19. The van der Waals surface area contributed by atoms with Crippen molar-refractivity contribution in [2.75, 3.05) is 6.61 Å². The number of ether oxygens (including phenoxy) is 2. The van der Waals surface area contributed by atoms with Gasteiger partial charge in [-0.2, -0.15) is 21.6 Å². The maximum absolute atomic E-state index is 12.3. The lowest BCUT2D eigenvalue weighted by Crippen LogP contribution is -2.33. The van der Waals surface area contributed by atoms with Gasteiger partial charge in [0.1, 0.15) is 11.5 Å². The third-order valence-corrected chi connectivity index (χ3v) is 4.00. The van der Waals surface area contributed by atoms with Crippen LogP contribution in [0.5, 0.6) is 11.5 Å². The van der Waals surface area contributed by atoms with Gasteiger partial charge < -0.3 is 13.7 Å². The number of carbonyl (C=O) groups excluding carboxylic acids is 1. The van der Waals surface area contributed by atoms with Crippen LogP contribution in [0.3, 0.4) is 0 Å². The quantitative estimate of drug-likeness (QED) is 0.468. The normalized spacial score (nSPS) is 17.8. The lowest BCUT2D eigenvalue weighted by atomic mass is 10.0. The van der Waals surface area contributed by atoms with Gasteiger partial charge in [-0.1, -0.05) is 6.07 Å². The SMILES string of the molecule is CCOC(=O)[C@@H]1CCc2ccc(OS(=O)(=O)C(F)(F)F)cc2O1. The Morgan fingerprint density at radius 3 is 2.70 bits per heavy atom. The topological polar surface area (TPSA) is 78.9 Å². The first-order valence-corrected chi connectivity index (χ1v) is 8.02. The molecule has 0 N–H and O–H groups in total. The average Bonchev–Trinajstić information content (AvgIpc) is 2.45. The largest absolute Gasteiger partial charge is 0.534 e. The molecule has 0 aromatic heterocycles. The van der Waals surface area contributed by atoms with E-state index in [1.807, 2.05) is 0 Å². The van der Waals surface area contributed by atoms with Crippen molar-refractivity contribution < 1.29 is 40.0 Å². The van der Waals surface area contributed by atoms with E-state index in [-0.39, 0.29) is 12.4 Å². The smallest absolute Gasteiger partial charge is 0.478 e. The highest BCUT2D eigenvalue weighted by molar-refractivity contribution is 7.88. The molecular weight excluding hydrogens is 341 g/mol. The monoisotopic (exact) mass is 354 g/mol. The fourth-order valence-electron chi connectivity index (χ4n) is 1.98. The number of hydrogen-bond acceptors (Lipinski definition) is 6. The maximum Gasteiger partial charge on any atom is 0.534 e. The number of esters is 1. The van der Waals surface area contributed by atoms with Crippen LogP contribution < -0.4 is 8.92 Å². The summed E-state index contributed by atoms with van der Waals surface area (Å²) in [7, 11) is -5.76. The number of halogens is 3. The van der Waals surface area contributed by atoms with Crippen molar-refractivity contribution in [3.8, 4) is 11.5 Å². The first-order valence-electron chi connectivity index (χ1n) is 6.61. The Labute approximate surface area is 130 Å². The van der Waals surface area contributed by atoms with Crippen molar-refractivity contribution in [2.45, 2.75) is 31.4 Å². The van der Waals surface area contributed by atoms with Crippen molar-refractivity contribution in [3.05, 3.63) is 23.8 Å². The van der Waals surface area contributed by atoms with E-state index >= 15 is 0 Å². The molecule has 0 radical (unpaired) electrons. The summed E-state index contributed by atoms with van der Waals surface area (Å²) in [5, 5.41) is 0. The first-order chi connectivity index (χ1) is 10.6. The molecule has 1 aliphatic heterocycles. The van der Waals surface area contributed by atoms with Crippen LogP contribution >= 0.6 is 0 Å². The number of aryl methyl sites for hydroxylation is 1. The summed E-state index contributed by atoms with van der Waals surface area (Å²) < 4.78 is 73.1. The predicted octanol–water partition coefficient (Wildman–Crippen LogP) is 2.17. The van der Waals surface area contributed by atoms with Gasteiger partial charge in [-0.15, -0.1) is 0 Å². The first kappa shape index (κ1) is 17.4. The van der Waals surface area contributed by atoms with Crippen LogP contribution in [0.15, 0.2) is 18.2 Å². The molecule has 0 bridgehead atoms. The molecule has 1 aromatic carbocycles. The molecule has 23 heavy (non-hydrogen) atoms. The van der Waals surface area contributed by atoms with Gasteiger partial charge in [-0.25, -0.2) is 4.79 Å². The lowest BCUT2D eigenvalue weighted by Gasteiger charge is -2.24. The fourth-order valence-corrected chi connectivity index (χ4v) is 2.43. The summed E-state index contributed by atoms with van der Waals surface area (Å²) in [6.45, 7) is 1.79. The zero-order chi connectivity index (χ0) is 17.3. The summed E-state index contributed by atoms with van der Waals surface area (Å²) in [4.78, 5) is 11.6. The zero-order valence-electron chi connectivity index (χ0n) is 11.9. The highest BCUT2D eigenvalue weighted by Gasteiger charge is 2.48. The number of rotatable bonds is 4. The summed E-state index contributed by atoms with van der Waals surface area (Å²) in [5.74, 6) is -1.05. The minimum atomic E-state index is -5.76. The zero-order valence-corrected chi connectivity index (χ0v) is 12.7. The number of fused-ring (bicyclic) bond motifs is 1. The molecule has 0 amide bonds. The Hall–Kier alpha value is -1.97. The minimum absolute atomic E-state index is 0.0872. The molecular formula is C13H13F3O6S. The molecule has 1 aliphatic rings. The highest BCUT2D eigenvalue weighted by Crippen LogP contribution is 2.34. The molecule has 0 aliphatic carbocycles. The molecule has 0 spiro atoms. The summed E-state index contributed by atoms with van der Waals surface area (Å²) in [5.41, 5.74) is -4.90. The van der Waals surface area contributed by atoms with Crippen LogP contribution in [0, 0.1) is 0 Å². The fraction of sp³-hybridized carbons (Fsp3) is 0.462. The van der Waals surface area contributed by atoms with Gasteiger partial charge in [-0.3, -0.25) is 0 Å². The van der Waals surface area contributed by atoms with Gasteiger partial charge >= 0.3 is 21.6 Å². The Bertz CT molecular complexity index is 698. The standard InChI is InChI=1S/C13H13F3O6S/c1-2-20-12(17)10-6-4-8-3-5-9(7-11(8)21-10)22-23(18,19)13(14,15)16/h3,5,7,10H,2,4,6H2,1H3/t10-/m0/s1. The van der Waals surface area contributed by atoms with Crippen molar-refractivity contribution in [3.63, 3.8) is 0 Å². The second-order valence-electron chi connectivity index (χ2n) is 4.65. The van der Waals surface area contributed by atoms with Gasteiger partial charge in [-0.05, 0) is 31.4 Å². The molecule has 0 unspecified atom stereocenters. The predicted molar refractivity (Wildman–Crippen MR) is 71.4 cm³/mol. The third kappa shape index (κ3) is 3.87. The molecule has 0 saturated heterocycles. The number of hydrogen-bond donors (Lipinski definition) is 0. The van der Waals surface area contributed by atoms with E-state index in [4.69, 9.17) is 9.47 Å². The van der Waals surface area contributed by atoms with Gasteiger partial charge in [0.15, 0.2) is 6.10 Å². The summed E-state index contributed by atoms with van der Waals surface area (Å²) >= 11 is 0. The van der Waals surface area contributed by atoms with E-state index in [1.165, 1.54) is 6.07 Å². The van der Waals surface area contributed by atoms with Gasteiger partial charge in [0.25, 0.3) is 0 Å². The van der Waals surface area contributed by atoms with E-state index in [0.717, 1.165) is 12.1 Å². The maximum atomic E-state index is 12.3. The van der Waals surface area contributed by atoms with Crippen LogP contribution in [0.4, 0.5) is 13.2 Å². The summed E-state index contributed by atoms with van der Waals surface area (Å²) in [6, 6.07) is 3.48. The van der Waals surface area contributed by atoms with Crippen LogP contribution in [-0.4, -0.2) is 32.6 Å². The van der Waals surface area contributed by atoms with Gasteiger partial charge in [0, 0.05) is 6.07 Å². The third-order valence-electron chi connectivity index (χ3n) is 3.02. The molecule has 10 heteroatoms. The van der Waals surface area contributed by atoms with E-state index in [0.29, 0.717) is 18.4 Å². The molecule has 0 saturated carbocycles. The molecule has 1 aromatic rings. The van der Waals surface area contributed by atoms with E-state index in [1.54, 1.807) is 6.92 Å². The van der Waals surface area contributed by atoms with Crippen LogP contribution in [0.1, 0.15) is 18.9 Å². The average molecular weight is 354 g/mol. The molecule has 2 rings (SSSR count). The van der Waals surface area contributed by atoms with Gasteiger partial charge in [0.05, 0.1) is 6.61 Å². The van der Waals surface area contributed by atoms with E-state index < -0.39 is 33.4 Å². The van der Waals surface area contributed by atoms with E-state index in [2.05, 4.69) is 4.18 Å². The molecule has 6 nitrogen and oxygen atoms in total. The Kier molecular flexibility index (Phi) is 4.73.